The minimum atomic E-state index is -0.126. The van der Waals surface area contributed by atoms with Gasteiger partial charge in [0.15, 0.2) is 5.96 Å². The van der Waals surface area contributed by atoms with Crippen LogP contribution < -0.4 is 17.2 Å². The van der Waals surface area contributed by atoms with Crippen LogP contribution in [-0.4, -0.2) is 16.9 Å². The molecule has 0 spiro atoms. The first-order valence-corrected chi connectivity index (χ1v) is 6.36. The molecule has 0 aliphatic rings. The Hall–Kier alpha value is -3.15. The molecule has 0 amide bonds. The Morgan fingerprint density at radius 2 is 1.33 bits per heavy atom. The van der Waals surface area contributed by atoms with E-state index in [1.54, 1.807) is 0 Å². The van der Waals surface area contributed by atoms with Gasteiger partial charge in [0.1, 0.15) is 0 Å². The van der Waals surface area contributed by atoms with E-state index in [9.17, 15) is 0 Å². The van der Waals surface area contributed by atoms with Crippen LogP contribution in [0.2, 0.25) is 0 Å². The lowest BCUT2D eigenvalue weighted by atomic mass is 10.1. The molecular weight excluding hydrogens is 264 g/mol. The molecule has 1 heterocycles. The summed E-state index contributed by atoms with van der Waals surface area (Å²) in [5.74, 6) is -0.115. The molecule has 2 aromatic carbocycles. The third-order valence-corrected chi connectivity index (χ3v) is 3.03. The molecule has 3 aromatic rings. The van der Waals surface area contributed by atoms with Crippen molar-refractivity contribution >= 4 is 39.4 Å². The maximum atomic E-state index is 5.77. The Morgan fingerprint density at radius 1 is 0.810 bits per heavy atom. The summed E-state index contributed by atoms with van der Waals surface area (Å²) in [4.78, 5) is 12.7. The van der Waals surface area contributed by atoms with Crippen molar-refractivity contribution in [2.45, 2.75) is 0 Å². The number of guanidine groups is 2. The van der Waals surface area contributed by atoms with Crippen molar-refractivity contribution < 1.29 is 0 Å². The van der Waals surface area contributed by atoms with Gasteiger partial charge in [0.05, 0.1) is 16.7 Å². The second-order valence-corrected chi connectivity index (χ2v) is 4.50. The van der Waals surface area contributed by atoms with Crippen LogP contribution in [0.15, 0.2) is 58.5 Å². The normalized spacial score (nSPS) is 11.7. The van der Waals surface area contributed by atoms with Gasteiger partial charge < -0.3 is 17.2 Å². The lowest BCUT2D eigenvalue weighted by molar-refractivity contribution is 1.39. The largest absolute Gasteiger partial charge is 0.370 e. The fourth-order valence-electron chi connectivity index (χ4n) is 2.21. The van der Waals surface area contributed by atoms with E-state index in [1.165, 1.54) is 0 Å². The van der Waals surface area contributed by atoms with Crippen molar-refractivity contribution in [2.24, 2.45) is 27.2 Å². The van der Waals surface area contributed by atoms with Crippen LogP contribution in [0.3, 0.4) is 0 Å². The Morgan fingerprint density at radius 3 is 1.86 bits per heavy atom. The number of hydrogen-bond donors (Lipinski definition) is 3. The number of benzene rings is 2. The molecule has 0 saturated carbocycles. The first kappa shape index (κ1) is 12.9. The zero-order chi connectivity index (χ0) is 14.8. The molecule has 1 aromatic heterocycles. The summed E-state index contributed by atoms with van der Waals surface area (Å²) >= 11 is 0. The van der Waals surface area contributed by atoms with Crippen molar-refractivity contribution in [3.63, 3.8) is 0 Å². The van der Waals surface area contributed by atoms with Crippen LogP contribution in [-0.2, 0) is 0 Å². The van der Waals surface area contributed by atoms with E-state index in [1.807, 2.05) is 48.5 Å². The van der Waals surface area contributed by atoms with E-state index in [0.29, 0.717) is 5.69 Å². The summed E-state index contributed by atoms with van der Waals surface area (Å²) in [6.45, 7) is 0. The second kappa shape index (κ2) is 5.09. The van der Waals surface area contributed by atoms with Crippen LogP contribution in [0.4, 0.5) is 5.69 Å². The molecule has 0 bridgehead atoms. The maximum absolute atomic E-state index is 5.77. The number of rotatable bonds is 1. The first-order chi connectivity index (χ1) is 10.1. The van der Waals surface area contributed by atoms with Crippen LogP contribution in [0.1, 0.15) is 0 Å². The van der Waals surface area contributed by atoms with Gasteiger partial charge in [-0.15, -0.1) is 0 Å². The summed E-state index contributed by atoms with van der Waals surface area (Å²) < 4.78 is 0. The third kappa shape index (κ3) is 2.46. The lowest BCUT2D eigenvalue weighted by Crippen LogP contribution is -2.26. The van der Waals surface area contributed by atoms with Gasteiger partial charge in [-0.25, -0.2) is 9.98 Å². The van der Waals surface area contributed by atoms with Crippen LogP contribution in [0.25, 0.3) is 21.8 Å². The fraction of sp³-hybridized carbons (Fsp3) is 0. The second-order valence-electron chi connectivity index (χ2n) is 4.50. The molecule has 0 saturated heterocycles. The molecule has 104 valence electrons. The van der Waals surface area contributed by atoms with E-state index in [2.05, 4.69) is 15.0 Å². The maximum Gasteiger partial charge on any atom is 0.223 e. The molecule has 0 atom stereocenters. The van der Waals surface area contributed by atoms with E-state index >= 15 is 0 Å². The zero-order valence-electron chi connectivity index (χ0n) is 11.2. The number of fused-ring (bicyclic) bond motifs is 2. The van der Waals surface area contributed by atoms with Crippen molar-refractivity contribution in [3.05, 3.63) is 48.5 Å². The molecule has 21 heavy (non-hydrogen) atoms. The van der Waals surface area contributed by atoms with Gasteiger partial charge in [0, 0.05) is 10.8 Å². The van der Waals surface area contributed by atoms with E-state index in [4.69, 9.17) is 17.2 Å². The average Bonchev–Trinajstić information content (AvgIpc) is 2.46. The molecule has 0 radical (unpaired) electrons. The Balaban J connectivity index is 2.38. The molecule has 0 fully saturated rings. The van der Waals surface area contributed by atoms with Gasteiger partial charge in [-0.1, -0.05) is 36.4 Å². The number of nitrogens with zero attached hydrogens (tertiary/aromatic N) is 3. The summed E-state index contributed by atoms with van der Waals surface area (Å²) in [5.41, 5.74) is 18.8. The van der Waals surface area contributed by atoms with Gasteiger partial charge in [-0.3, -0.25) is 0 Å². The van der Waals surface area contributed by atoms with Crippen molar-refractivity contribution in [1.29, 1.82) is 0 Å². The third-order valence-electron chi connectivity index (χ3n) is 3.03. The Labute approximate surface area is 121 Å². The van der Waals surface area contributed by atoms with Gasteiger partial charge in [-0.05, 0) is 12.1 Å². The topological polar surface area (TPSA) is 116 Å². The highest BCUT2D eigenvalue weighted by Gasteiger charge is 2.08. The van der Waals surface area contributed by atoms with Crippen LogP contribution in [0.5, 0.6) is 0 Å². The lowest BCUT2D eigenvalue weighted by Gasteiger charge is -2.07. The van der Waals surface area contributed by atoms with Gasteiger partial charge in [0.2, 0.25) is 5.96 Å². The van der Waals surface area contributed by atoms with Crippen LogP contribution in [0, 0.1) is 0 Å². The SMILES string of the molecule is NC(N)=NC(N)=Nc1c2ccccc2nc2ccccc12. The van der Waals surface area contributed by atoms with Crippen molar-refractivity contribution in [2.75, 3.05) is 0 Å². The molecular formula is C15H14N6. The predicted octanol–water partition coefficient (Wildman–Crippen LogP) is 1.61. The van der Waals surface area contributed by atoms with Crippen LogP contribution >= 0.6 is 0 Å². The van der Waals surface area contributed by atoms with Crippen molar-refractivity contribution in [3.8, 4) is 0 Å². The van der Waals surface area contributed by atoms with Gasteiger partial charge >= 0.3 is 0 Å². The zero-order valence-corrected chi connectivity index (χ0v) is 11.2. The number of aromatic nitrogens is 1. The molecule has 6 nitrogen and oxygen atoms in total. The number of para-hydroxylation sites is 2. The fourth-order valence-corrected chi connectivity index (χ4v) is 2.21. The average molecular weight is 278 g/mol. The van der Waals surface area contributed by atoms with E-state index in [-0.39, 0.29) is 11.9 Å². The summed E-state index contributed by atoms with van der Waals surface area (Å²) in [7, 11) is 0. The number of aliphatic imine (C=N–C) groups is 2. The quantitative estimate of drug-likeness (QED) is 0.356. The summed E-state index contributed by atoms with van der Waals surface area (Å²) in [6.07, 6.45) is 0. The van der Waals surface area contributed by atoms with E-state index in [0.717, 1.165) is 21.8 Å². The molecule has 3 rings (SSSR count). The highest BCUT2D eigenvalue weighted by Crippen LogP contribution is 2.32. The molecule has 0 aliphatic heterocycles. The van der Waals surface area contributed by atoms with Gasteiger partial charge in [0.25, 0.3) is 0 Å². The molecule has 0 unspecified atom stereocenters. The Kier molecular flexibility index (Phi) is 3.12. The number of nitrogens with two attached hydrogens (primary N) is 3. The predicted molar refractivity (Wildman–Crippen MR) is 86.3 cm³/mol. The summed E-state index contributed by atoms with van der Waals surface area (Å²) in [6, 6.07) is 15.4. The standard InChI is InChI=1S/C15H14N6/c16-14(17)21-15(18)20-13-9-5-1-3-7-11(9)19-12-8-4-2-6-10(12)13/h1-8H,(H6,16,17,18,19,20,21). The minimum Gasteiger partial charge on any atom is -0.370 e. The van der Waals surface area contributed by atoms with E-state index < -0.39 is 0 Å². The molecule has 0 aliphatic carbocycles. The Bertz CT molecular complexity index is 824. The monoisotopic (exact) mass is 278 g/mol. The first-order valence-electron chi connectivity index (χ1n) is 6.36. The highest BCUT2D eigenvalue weighted by molar-refractivity contribution is 6.08. The number of pyridine rings is 1. The molecule has 6 heteroatoms. The minimum absolute atomic E-state index is 0.0107. The van der Waals surface area contributed by atoms with Gasteiger partial charge in [-0.2, -0.15) is 4.99 Å². The van der Waals surface area contributed by atoms with Crippen molar-refractivity contribution in [1.82, 2.24) is 4.98 Å². The highest BCUT2D eigenvalue weighted by atomic mass is 15.1. The number of hydrogen-bond acceptors (Lipinski definition) is 2. The summed E-state index contributed by atoms with van der Waals surface area (Å²) in [5, 5.41) is 1.79. The smallest absolute Gasteiger partial charge is 0.223 e. The molecule has 6 N–H and O–H groups in total.